The van der Waals surface area contributed by atoms with Gasteiger partial charge in [0.25, 0.3) is 0 Å². The SMILES string of the molecule is CCCCCCCOc1ccccc1NC(=O)OC(COCCOCC)CN1CCCCCC1. The molecule has 1 aromatic rings. The van der Waals surface area contributed by atoms with Crippen LogP contribution in [0.1, 0.15) is 71.6 Å². The molecule has 0 saturated carbocycles. The van der Waals surface area contributed by atoms with Crippen molar-refractivity contribution in [3.05, 3.63) is 24.3 Å². The highest BCUT2D eigenvalue weighted by Crippen LogP contribution is 2.24. The van der Waals surface area contributed by atoms with Crippen LogP contribution in [-0.4, -0.2) is 69.8 Å². The molecule has 1 saturated heterocycles. The van der Waals surface area contributed by atoms with Crippen LogP contribution >= 0.6 is 0 Å². The Hall–Kier alpha value is -1.83. The first-order valence-electron chi connectivity index (χ1n) is 13.3. The van der Waals surface area contributed by atoms with Gasteiger partial charge in [0.05, 0.1) is 32.1 Å². The van der Waals surface area contributed by atoms with E-state index < -0.39 is 6.09 Å². The lowest BCUT2D eigenvalue weighted by Crippen LogP contribution is -2.39. The zero-order valence-electron chi connectivity index (χ0n) is 21.4. The largest absolute Gasteiger partial charge is 0.491 e. The third-order valence-electron chi connectivity index (χ3n) is 5.94. The Labute approximate surface area is 206 Å². The molecule has 0 bridgehead atoms. The topological polar surface area (TPSA) is 69.3 Å². The van der Waals surface area contributed by atoms with E-state index in [2.05, 4.69) is 17.1 Å². The number of hydrogen-bond acceptors (Lipinski definition) is 6. The molecule has 1 amide bonds. The zero-order chi connectivity index (χ0) is 24.3. The number of carbonyl (C=O) groups is 1. The maximum Gasteiger partial charge on any atom is 0.412 e. The number of ether oxygens (including phenoxy) is 4. The summed E-state index contributed by atoms with van der Waals surface area (Å²) in [7, 11) is 0. The lowest BCUT2D eigenvalue weighted by atomic mass is 10.2. The molecule has 1 unspecified atom stereocenters. The summed E-state index contributed by atoms with van der Waals surface area (Å²) in [6.07, 6.45) is 9.98. The van der Waals surface area contributed by atoms with E-state index in [-0.39, 0.29) is 6.10 Å². The van der Waals surface area contributed by atoms with Crippen molar-refractivity contribution in [1.29, 1.82) is 0 Å². The van der Waals surface area contributed by atoms with Crippen LogP contribution in [0.3, 0.4) is 0 Å². The predicted molar refractivity (Wildman–Crippen MR) is 137 cm³/mol. The van der Waals surface area contributed by atoms with Gasteiger partial charge in [-0.15, -0.1) is 0 Å². The minimum absolute atomic E-state index is 0.341. The van der Waals surface area contributed by atoms with E-state index in [1.54, 1.807) is 0 Å². The summed E-state index contributed by atoms with van der Waals surface area (Å²) in [5.41, 5.74) is 0.631. The van der Waals surface area contributed by atoms with Crippen molar-refractivity contribution in [2.75, 3.05) is 58.0 Å². The van der Waals surface area contributed by atoms with Crippen molar-refractivity contribution in [3.8, 4) is 5.75 Å². The van der Waals surface area contributed by atoms with Gasteiger partial charge >= 0.3 is 6.09 Å². The quantitative estimate of drug-likeness (QED) is 0.282. The second kappa shape index (κ2) is 18.5. The fourth-order valence-electron chi connectivity index (χ4n) is 4.08. The molecule has 1 atom stereocenters. The van der Waals surface area contributed by atoms with Crippen LogP contribution in [0.15, 0.2) is 24.3 Å². The number of likely N-dealkylation sites (tertiary alicyclic amines) is 1. The number of amides is 1. The molecular formula is C27H46N2O5. The van der Waals surface area contributed by atoms with E-state index >= 15 is 0 Å². The smallest absolute Gasteiger partial charge is 0.412 e. The minimum atomic E-state index is -0.479. The van der Waals surface area contributed by atoms with Gasteiger partial charge in [0, 0.05) is 13.2 Å². The highest BCUT2D eigenvalue weighted by molar-refractivity contribution is 5.86. The fourth-order valence-corrected chi connectivity index (χ4v) is 4.08. The van der Waals surface area contributed by atoms with Crippen LogP contribution in [0, 0.1) is 0 Å². The van der Waals surface area contributed by atoms with Crippen LogP contribution in [0.4, 0.5) is 10.5 Å². The number of rotatable bonds is 17. The number of para-hydroxylation sites is 2. The van der Waals surface area contributed by atoms with Gasteiger partial charge in [0.15, 0.2) is 0 Å². The first-order valence-corrected chi connectivity index (χ1v) is 13.3. The normalized spacial score (nSPS) is 15.5. The molecule has 1 heterocycles. The van der Waals surface area contributed by atoms with Crippen molar-refractivity contribution in [2.45, 2.75) is 77.7 Å². The number of nitrogens with one attached hydrogen (secondary N) is 1. The molecule has 7 heteroatoms. The molecule has 34 heavy (non-hydrogen) atoms. The molecule has 0 aromatic heterocycles. The molecule has 1 aliphatic heterocycles. The minimum Gasteiger partial charge on any atom is -0.491 e. The number of benzene rings is 1. The number of carbonyl (C=O) groups excluding carboxylic acids is 1. The first-order chi connectivity index (χ1) is 16.7. The number of hydrogen-bond donors (Lipinski definition) is 1. The Morgan fingerprint density at radius 2 is 1.68 bits per heavy atom. The third-order valence-corrected chi connectivity index (χ3v) is 5.94. The molecule has 0 radical (unpaired) electrons. The second-order valence-corrected chi connectivity index (χ2v) is 8.90. The van der Waals surface area contributed by atoms with Gasteiger partial charge in [-0.2, -0.15) is 0 Å². The zero-order valence-corrected chi connectivity index (χ0v) is 21.4. The molecular weight excluding hydrogens is 432 g/mol. The number of unbranched alkanes of at least 4 members (excludes halogenated alkanes) is 4. The molecule has 7 nitrogen and oxygen atoms in total. The number of anilines is 1. The maximum atomic E-state index is 12.8. The molecule has 1 aromatic carbocycles. The van der Waals surface area contributed by atoms with Crippen molar-refractivity contribution in [1.82, 2.24) is 4.90 Å². The highest BCUT2D eigenvalue weighted by Gasteiger charge is 2.21. The number of nitrogens with zero attached hydrogens (tertiary/aromatic N) is 1. The van der Waals surface area contributed by atoms with Crippen LogP contribution in [0.2, 0.25) is 0 Å². The van der Waals surface area contributed by atoms with Gasteiger partial charge in [0.1, 0.15) is 11.9 Å². The fraction of sp³-hybridized carbons (Fsp3) is 0.741. The van der Waals surface area contributed by atoms with Crippen LogP contribution in [0.5, 0.6) is 5.75 Å². The standard InChI is InChI=1S/C27H46N2O5/c1-3-5-6-9-14-19-33-26-16-11-10-15-25(26)28-27(30)34-24(23-32-21-20-31-4-2)22-29-17-12-7-8-13-18-29/h10-11,15-16,24H,3-9,12-14,17-23H2,1-2H3,(H,28,30). The van der Waals surface area contributed by atoms with E-state index in [0.717, 1.165) is 25.9 Å². The molecule has 1 fully saturated rings. The van der Waals surface area contributed by atoms with Crippen LogP contribution < -0.4 is 10.1 Å². The molecule has 0 spiro atoms. The average Bonchev–Trinajstić information content (AvgIpc) is 3.10. The van der Waals surface area contributed by atoms with E-state index in [9.17, 15) is 4.79 Å². The summed E-state index contributed by atoms with van der Waals surface area (Å²) in [4.78, 5) is 15.2. The van der Waals surface area contributed by atoms with E-state index in [1.807, 2.05) is 31.2 Å². The summed E-state index contributed by atoms with van der Waals surface area (Å²) in [5.74, 6) is 0.673. The van der Waals surface area contributed by atoms with Gasteiger partial charge in [0.2, 0.25) is 0 Å². The summed E-state index contributed by atoms with van der Waals surface area (Å²) >= 11 is 0. The summed E-state index contributed by atoms with van der Waals surface area (Å²) in [6.45, 7) is 9.62. The van der Waals surface area contributed by atoms with E-state index in [4.69, 9.17) is 18.9 Å². The Balaban J connectivity index is 1.86. The Morgan fingerprint density at radius 3 is 2.44 bits per heavy atom. The monoisotopic (exact) mass is 478 g/mol. The lowest BCUT2D eigenvalue weighted by molar-refractivity contribution is -0.0109. The highest BCUT2D eigenvalue weighted by atomic mass is 16.6. The van der Waals surface area contributed by atoms with Crippen LogP contribution in [-0.2, 0) is 14.2 Å². The second-order valence-electron chi connectivity index (χ2n) is 8.90. The third kappa shape index (κ3) is 12.6. The molecule has 1 N–H and O–H groups in total. The summed E-state index contributed by atoms with van der Waals surface area (Å²) < 4.78 is 22.9. The Bertz CT molecular complexity index is 650. The molecule has 194 valence electrons. The average molecular weight is 479 g/mol. The first kappa shape index (κ1) is 28.4. The van der Waals surface area contributed by atoms with Gasteiger partial charge in [-0.05, 0) is 51.4 Å². The van der Waals surface area contributed by atoms with Crippen molar-refractivity contribution >= 4 is 11.8 Å². The van der Waals surface area contributed by atoms with Crippen molar-refractivity contribution in [3.63, 3.8) is 0 Å². The molecule has 1 aliphatic rings. The van der Waals surface area contributed by atoms with Gasteiger partial charge in [-0.1, -0.05) is 57.6 Å². The Kier molecular flexibility index (Phi) is 15.5. The van der Waals surface area contributed by atoms with Crippen molar-refractivity contribution in [2.24, 2.45) is 0 Å². The predicted octanol–water partition coefficient (Wildman–Crippen LogP) is 5.88. The molecule has 2 rings (SSSR count). The Morgan fingerprint density at radius 1 is 0.941 bits per heavy atom. The summed E-state index contributed by atoms with van der Waals surface area (Å²) in [6, 6.07) is 7.52. The van der Waals surface area contributed by atoms with Gasteiger partial charge in [-0.25, -0.2) is 4.79 Å². The van der Waals surface area contributed by atoms with E-state index in [1.165, 1.54) is 44.9 Å². The van der Waals surface area contributed by atoms with Gasteiger partial charge < -0.3 is 18.9 Å². The van der Waals surface area contributed by atoms with Crippen LogP contribution in [0.25, 0.3) is 0 Å². The lowest BCUT2D eigenvalue weighted by Gasteiger charge is -2.26. The van der Waals surface area contributed by atoms with Gasteiger partial charge in [-0.3, -0.25) is 10.2 Å². The maximum absolute atomic E-state index is 12.8. The summed E-state index contributed by atoms with van der Waals surface area (Å²) in [5, 5.41) is 2.88. The molecule has 0 aliphatic carbocycles. The van der Waals surface area contributed by atoms with E-state index in [0.29, 0.717) is 51.0 Å². The van der Waals surface area contributed by atoms with Crippen molar-refractivity contribution < 1.29 is 23.7 Å².